The summed E-state index contributed by atoms with van der Waals surface area (Å²) >= 11 is 0. The maximum atomic E-state index is 12.1. The van der Waals surface area contributed by atoms with Crippen molar-refractivity contribution in [3.63, 3.8) is 0 Å². The molecule has 1 aromatic rings. The van der Waals surface area contributed by atoms with E-state index in [0.717, 1.165) is 19.4 Å². The second-order valence-electron chi connectivity index (χ2n) is 4.74. The molecule has 1 saturated heterocycles. The van der Waals surface area contributed by atoms with E-state index >= 15 is 0 Å². The number of nitrogens with one attached hydrogen (secondary N) is 1. The van der Waals surface area contributed by atoms with Gasteiger partial charge in [-0.15, -0.1) is 0 Å². The van der Waals surface area contributed by atoms with Crippen molar-refractivity contribution in [3.05, 3.63) is 29.8 Å². The molecule has 0 aromatic heterocycles. The maximum absolute atomic E-state index is 12.1. The van der Waals surface area contributed by atoms with Gasteiger partial charge in [-0.1, -0.05) is 12.1 Å². The molecule has 0 spiro atoms. The molecule has 0 amide bonds. The smallest absolute Gasteiger partial charge is 0.240 e. The molecule has 2 N–H and O–H groups in total. The van der Waals surface area contributed by atoms with E-state index < -0.39 is 10.0 Å². The minimum Gasteiger partial charge on any atom is -0.392 e. The fourth-order valence-electron chi connectivity index (χ4n) is 2.05. The molecule has 0 saturated carbocycles. The van der Waals surface area contributed by atoms with Crippen molar-refractivity contribution in [2.45, 2.75) is 24.3 Å². The fraction of sp³-hybridized carbons (Fsp3) is 0.538. The highest BCUT2D eigenvalue weighted by Gasteiger charge is 2.19. The number of rotatable bonds is 5. The third kappa shape index (κ3) is 4.01. The van der Waals surface area contributed by atoms with Crippen LogP contribution in [0.3, 0.4) is 0 Å². The lowest BCUT2D eigenvalue weighted by molar-refractivity contribution is 0.0568. The van der Waals surface area contributed by atoms with Crippen LogP contribution in [0.15, 0.2) is 29.2 Å². The zero-order valence-electron chi connectivity index (χ0n) is 10.7. The van der Waals surface area contributed by atoms with E-state index in [-0.39, 0.29) is 17.4 Å². The van der Waals surface area contributed by atoms with E-state index in [1.54, 1.807) is 12.1 Å². The van der Waals surface area contributed by atoms with Gasteiger partial charge in [0.05, 0.1) is 18.1 Å². The quantitative estimate of drug-likeness (QED) is 0.842. The number of hydrogen-bond donors (Lipinski definition) is 2. The number of aliphatic hydroxyl groups is 1. The van der Waals surface area contributed by atoms with Gasteiger partial charge in [-0.3, -0.25) is 0 Å². The van der Waals surface area contributed by atoms with Crippen molar-refractivity contribution in [1.29, 1.82) is 0 Å². The zero-order chi connectivity index (χ0) is 13.7. The Hall–Kier alpha value is -0.950. The highest BCUT2D eigenvalue weighted by atomic mass is 32.2. The summed E-state index contributed by atoms with van der Waals surface area (Å²) in [7, 11) is -3.47. The number of hydrogen-bond acceptors (Lipinski definition) is 4. The van der Waals surface area contributed by atoms with Crippen molar-refractivity contribution < 1.29 is 18.3 Å². The first-order chi connectivity index (χ1) is 9.12. The lowest BCUT2D eigenvalue weighted by atomic mass is 10.0. The van der Waals surface area contributed by atoms with Crippen LogP contribution in [0.4, 0.5) is 0 Å². The average Bonchev–Trinajstić information content (AvgIpc) is 2.46. The van der Waals surface area contributed by atoms with Crippen molar-refractivity contribution in [2.75, 3.05) is 19.8 Å². The van der Waals surface area contributed by atoms with Gasteiger partial charge in [0.1, 0.15) is 0 Å². The molecule has 19 heavy (non-hydrogen) atoms. The highest BCUT2D eigenvalue weighted by molar-refractivity contribution is 7.89. The molecule has 2 rings (SSSR count). The molecule has 1 fully saturated rings. The first-order valence-corrected chi connectivity index (χ1v) is 7.87. The van der Waals surface area contributed by atoms with Gasteiger partial charge in [0, 0.05) is 13.2 Å². The van der Waals surface area contributed by atoms with Gasteiger partial charge in [0.15, 0.2) is 0 Å². The van der Waals surface area contributed by atoms with Crippen molar-refractivity contribution >= 4 is 10.0 Å². The van der Waals surface area contributed by atoms with Crippen LogP contribution < -0.4 is 4.72 Å². The van der Waals surface area contributed by atoms with Crippen molar-refractivity contribution in [3.8, 4) is 0 Å². The predicted molar refractivity (Wildman–Crippen MR) is 71.1 cm³/mol. The minimum absolute atomic E-state index is 0.0901. The van der Waals surface area contributed by atoms with Crippen LogP contribution in [0.1, 0.15) is 18.4 Å². The second kappa shape index (κ2) is 6.47. The molecule has 106 valence electrons. The summed E-state index contributed by atoms with van der Waals surface area (Å²) in [5, 5.41) is 8.93. The molecule has 1 heterocycles. The Morgan fingerprint density at radius 3 is 2.63 bits per heavy atom. The second-order valence-corrected chi connectivity index (χ2v) is 6.50. The van der Waals surface area contributed by atoms with Crippen LogP contribution in [0.2, 0.25) is 0 Å². The summed E-state index contributed by atoms with van der Waals surface area (Å²) in [4.78, 5) is 0.224. The van der Waals surface area contributed by atoms with E-state index in [0.29, 0.717) is 18.7 Å². The third-order valence-electron chi connectivity index (χ3n) is 3.23. The summed E-state index contributed by atoms with van der Waals surface area (Å²) in [5.41, 5.74) is 0.694. The summed E-state index contributed by atoms with van der Waals surface area (Å²) < 4.78 is 32.1. The fourth-order valence-corrected chi connectivity index (χ4v) is 3.17. The predicted octanol–water partition coefficient (Wildman–Crippen LogP) is 0.884. The number of benzene rings is 1. The lowest BCUT2D eigenvalue weighted by Gasteiger charge is -2.22. The number of sulfonamides is 1. The molecule has 5 nitrogen and oxygen atoms in total. The van der Waals surface area contributed by atoms with E-state index in [9.17, 15) is 8.42 Å². The van der Waals surface area contributed by atoms with Crippen LogP contribution >= 0.6 is 0 Å². The van der Waals surface area contributed by atoms with Crippen molar-refractivity contribution in [2.24, 2.45) is 5.92 Å². The van der Waals surface area contributed by atoms with Gasteiger partial charge in [0.25, 0.3) is 0 Å². The van der Waals surface area contributed by atoms with E-state index in [1.165, 1.54) is 12.1 Å². The van der Waals surface area contributed by atoms with Gasteiger partial charge in [-0.2, -0.15) is 0 Å². The Balaban J connectivity index is 1.96. The first kappa shape index (κ1) is 14.5. The minimum atomic E-state index is -3.47. The summed E-state index contributed by atoms with van der Waals surface area (Å²) in [6.07, 6.45) is 1.98. The van der Waals surface area contributed by atoms with Crippen molar-refractivity contribution in [1.82, 2.24) is 4.72 Å². The number of ether oxygens (including phenoxy) is 1. The summed E-state index contributed by atoms with van der Waals surface area (Å²) in [6, 6.07) is 6.23. The monoisotopic (exact) mass is 285 g/mol. The van der Waals surface area contributed by atoms with Gasteiger partial charge >= 0.3 is 0 Å². The molecule has 1 unspecified atom stereocenters. The topological polar surface area (TPSA) is 75.6 Å². The first-order valence-electron chi connectivity index (χ1n) is 6.39. The Bertz CT molecular complexity index is 492. The van der Waals surface area contributed by atoms with Crippen LogP contribution in [0.25, 0.3) is 0 Å². The molecule has 0 aliphatic carbocycles. The van der Waals surface area contributed by atoms with E-state index in [4.69, 9.17) is 9.84 Å². The molecular weight excluding hydrogens is 266 g/mol. The van der Waals surface area contributed by atoms with Gasteiger partial charge in [-0.25, -0.2) is 13.1 Å². The van der Waals surface area contributed by atoms with Crippen LogP contribution in [-0.4, -0.2) is 33.3 Å². The Labute approximate surface area is 113 Å². The maximum Gasteiger partial charge on any atom is 0.240 e. The molecule has 6 heteroatoms. The zero-order valence-corrected chi connectivity index (χ0v) is 11.5. The Kier molecular flexibility index (Phi) is 4.93. The standard InChI is InChI=1S/C13H19NO4S/c15-9-11-3-5-13(6-4-11)19(16,17)14-8-12-2-1-7-18-10-12/h3-6,12,14-15H,1-2,7-10H2. The average molecular weight is 285 g/mol. The van der Waals surface area contributed by atoms with Crippen LogP contribution in [0, 0.1) is 5.92 Å². The Morgan fingerprint density at radius 1 is 1.32 bits per heavy atom. The summed E-state index contributed by atoms with van der Waals surface area (Å²) in [5.74, 6) is 0.250. The molecule has 1 aliphatic rings. The molecule has 1 atom stereocenters. The van der Waals surface area contributed by atoms with E-state index in [1.807, 2.05) is 0 Å². The normalized spacial score (nSPS) is 20.4. The van der Waals surface area contributed by atoms with Gasteiger partial charge < -0.3 is 9.84 Å². The molecule has 1 aliphatic heterocycles. The SMILES string of the molecule is O=S(=O)(NCC1CCCOC1)c1ccc(CO)cc1. The lowest BCUT2D eigenvalue weighted by Crippen LogP contribution is -2.33. The Morgan fingerprint density at radius 2 is 2.05 bits per heavy atom. The number of aliphatic hydroxyl groups excluding tert-OH is 1. The molecule has 0 bridgehead atoms. The van der Waals surface area contributed by atoms with E-state index in [2.05, 4.69) is 4.72 Å². The molecular formula is C13H19NO4S. The van der Waals surface area contributed by atoms with Gasteiger partial charge in [-0.05, 0) is 36.5 Å². The summed E-state index contributed by atoms with van der Waals surface area (Å²) in [6.45, 7) is 1.70. The van der Waals surface area contributed by atoms with Crippen LogP contribution in [-0.2, 0) is 21.4 Å². The largest absolute Gasteiger partial charge is 0.392 e. The molecule has 0 radical (unpaired) electrons. The van der Waals surface area contributed by atoms with Crippen LogP contribution in [0.5, 0.6) is 0 Å². The highest BCUT2D eigenvalue weighted by Crippen LogP contribution is 2.15. The third-order valence-corrected chi connectivity index (χ3v) is 4.67. The molecule has 1 aromatic carbocycles. The van der Waals surface area contributed by atoms with Gasteiger partial charge in [0.2, 0.25) is 10.0 Å².